The molecular formula is C16H20N4O2S. The highest BCUT2D eigenvalue weighted by molar-refractivity contribution is 7.99. The third kappa shape index (κ3) is 3.19. The summed E-state index contributed by atoms with van der Waals surface area (Å²) in [6.07, 6.45) is 2.53. The first-order valence-electron chi connectivity index (χ1n) is 7.71. The predicted molar refractivity (Wildman–Crippen MR) is 90.0 cm³/mol. The topological polar surface area (TPSA) is 81.2 Å². The number of benzene rings is 1. The monoisotopic (exact) mass is 332 g/mol. The van der Waals surface area contributed by atoms with E-state index in [2.05, 4.69) is 4.98 Å². The highest BCUT2D eigenvalue weighted by Crippen LogP contribution is 2.24. The van der Waals surface area contributed by atoms with Gasteiger partial charge in [0, 0.05) is 13.6 Å². The molecule has 1 aromatic heterocycles. The van der Waals surface area contributed by atoms with Crippen LogP contribution in [0.1, 0.15) is 19.3 Å². The van der Waals surface area contributed by atoms with Crippen molar-refractivity contribution >= 4 is 34.6 Å². The first-order valence-corrected chi connectivity index (χ1v) is 8.69. The maximum atomic E-state index is 12.5. The Morgan fingerprint density at radius 2 is 2.13 bits per heavy atom. The second kappa shape index (κ2) is 6.62. The van der Waals surface area contributed by atoms with Crippen LogP contribution >= 0.6 is 11.8 Å². The van der Waals surface area contributed by atoms with E-state index >= 15 is 0 Å². The number of hydrogen-bond donors (Lipinski definition) is 1. The standard InChI is InChI=1S/C16H20N4O2S/c1-19-12-7-3-2-6-11(12)18-16(19)23-10-14(21)20-9-5-4-8-13(20)15(17)22/h2-3,6-7,13H,4-5,8-10H2,1H3,(H2,17,22). The quantitative estimate of drug-likeness (QED) is 0.861. The molecule has 1 unspecified atom stereocenters. The summed E-state index contributed by atoms with van der Waals surface area (Å²) in [5, 5.41) is 0.798. The van der Waals surface area contributed by atoms with Gasteiger partial charge in [0.25, 0.3) is 0 Å². The Morgan fingerprint density at radius 3 is 2.87 bits per heavy atom. The number of nitrogens with two attached hydrogens (primary N) is 1. The van der Waals surface area contributed by atoms with Crippen molar-refractivity contribution in [3.05, 3.63) is 24.3 Å². The third-order valence-electron chi connectivity index (χ3n) is 4.22. The van der Waals surface area contributed by atoms with Gasteiger partial charge in [0.2, 0.25) is 11.8 Å². The second-order valence-corrected chi connectivity index (χ2v) is 6.67. The predicted octanol–water partition coefficient (Wildman–Crippen LogP) is 1.53. The summed E-state index contributed by atoms with van der Waals surface area (Å²) in [5.74, 6) is -0.197. The average Bonchev–Trinajstić information content (AvgIpc) is 2.89. The van der Waals surface area contributed by atoms with Gasteiger partial charge in [-0.2, -0.15) is 0 Å². The lowest BCUT2D eigenvalue weighted by Crippen LogP contribution is -2.51. The lowest BCUT2D eigenvalue weighted by Gasteiger charge is -2.33. The Hall–Kier alpha value is -2.02. The molecule has 0 aliphatic carbocycles. The van der Waals surface area contributed by atoms with Crippen LogP contribution in [0, 0.1) is 0 Å². The van der Waals surface area contributed by atoms with Crippen LogP contribution in [0.4, 0.5) is 0 Å². The van der Waals surface area contributed by atoms with E-state index < -0.39 is 11.9 Å². The van der Waals surface area contributed by atoms with Crippen LogP contribution in [0.25, 0.3) is 11.0 Å². The molecule has 122 valence electrons. The zero-order valence-electron chi connectivity index (χ0n) is 13.1. The minimum absolute atomic E-state index is 0.0504. The van der Waals surface area contributed by atoms with Crippen LogP contribution in [0.3, 0.4) is 0 Å². The molecule has 1 aliphatic heterocycles. The lowest BCUT2D eigenvalue weighted by atomic mass is 10.0. The van der Waals surface area contributed by atoms with Gasteiger partial charge in [-0.25, -0.2) is 4.98 Å². The Kier molecular flexibility index (Phi) is 4.56. The smallest absolute Gasteiger partial charge is 0.240 e. The third-order valence-corrected chi connectivity index (χ3v) is 5.24. The molecule has 2 aromatic rings. The molecule has 1 atom stereocenters. The molecular weight excluding hydrogens is 312 g/mol. The van der Waals surface area contributed by atoms with Crippen molar-refractivity contribution in [1.82, 2.24) is 14.5 Å². The number of thioether (sulfide) groups is 1. The maximum absolute atomic E-state index is 12.5. The van der Waals surface area contributed by atoms with E-state index in [9.17, 15) is 9.59 Å². The van der Waals surface area contributed by atoms with Crippen LogP contribution in [0.15, 0.2) is 29.4 Å². The van der Waals surface area contributed by atoms with E-state index in [0.717, 1.165) is 29.0 Å². The number of rotatable bonds is 4. The van der Waals surface area contributed by atoms with Crippen molar-refractivity contribution in [2.75, 3.05) is 12.3 Å². The van der Waals surface area contributed by atoms with Gasteiger partial charge < -0.3 is 15.2 Å². The summed E-state index contributed by atoms with van der Waals surface area (Å²) in [4.78, 5) is 30.2. The number of hydrogen-bond acceptors (Lipinski definition) is 4. The first-order chi connectivity index (χ1) is 11.1. The molecule has 3 rings (SSSR count). The second-order valence-electron chi connectivity index (χ2n) is 5.73. The fourth-order valence-corrected chi connectivity index (χ4v) is 3.86. The van der Waals surface area contributed by atoms with Crippen molar-refractivity contribution in [2.24, 2.45) is 12.8 Å². The van der Waals surface area contributed by atoms with Crippen LogP contribution in [-0.4, -0.2) is 44.6 Å². The number of primary amides is 1. The molecule has 6 nitrogen and oxygen atoms in total. The molecule has 2 amide bonds. The Morgan fingerprint density at radius 1 is 1.35 bits per heavy atom. The van der Waals surface area contributed by atoms with Gasteiger partial charge in [-0.05, 0) is 31.4 Å². The van der Waals surface area contributed by atoms with Gasteiger partial charge >= 0.3 is 0 Å². The number of likely N-dealkylation sites (tertiary alicyclic amines) is 1. The van der Waals surface area contributed by atoms with E-state index in [1.54, 1.807) is 4.90 Å². The summed E-state index contributed by atoms with van der Waals surface area (Å²) in [5.41, 5.74) is 7.37. The molecule has 0 saturated carbocycles. The van der Waals surface area contributed by atoms with Gasteiger partial charge in [0.1, 0.15) is 6.04 Å². The highest BCUT2D eigenvalue weighted by Gasteiger charge is 2.30. The summed E-state index contributed by atoms with van der Waals surface area (Å²) in [6, 6.07) is 7.41. The minimum Gasteiger partial charge on any atom is -0.368 e. The van der Waals surface area contributed by atoms with Gasteiger partial charge in [-0.3, -0.25) is 9.59 Å². The zero-order chi connectivity index (χ0) is 16.4. The molecule has 2 heterocycles. The van der Waals surface area contributed by atoms with E-state index in [1.807, 2.05) is 35.9 Å². The van der Waals surface area contributed by atoms with Crippen molar-refractivity contribution in [3.63, 3.8) is 0 Å². The SMILES string of the molecule is Cn1c(SCC(=O)N2CCCCC2C(N)=O)nc2ccccc21. The normalized spacial score (nSPS) is 18.3. The number of aromatic nitrogens is 2. The number of fused-ring (bicyclic) bond motifs is 1. The average molecular weight is 332 g/mol. The van der Waals surface area contributed by atoms with Gasteiger partial charge in [0.15, 0.2) is 5.16 Å². The molecule has 23 heavy (non-hydrogen) atoms. The van der Waals surface area contributed by atoms with Crippen molar-refractivity contribution < 1.29 is 9.59 Å². The molecule has 1 aromatic carbocycles. The molecule has 0 bridgehead atoms. The van der Waals surface area contributed by atoms with Gasteiger partial charge in [-0.1, -0.05) is 23.9 Å². The molecule has 0 radical (unpaired) electrons. The number of para-hydroxylation sites is 2. The summed E-state index contributed by atoms with van der Waals surface area (Å²) in [6.45, 7) is 0.607. The molecule has 7 heteroatoms. The van der Waals surface area contributed by atoms with Crippen molar-refractivity contribution in [1.29, 1.82) is 0 Å². The molecule has 0 spiro atoms. The number of piperidine rings is 1. The van der Waals surface area contributed by atoms with Crippen molar-refractivity contribution in [3.8, 4) is 0 Å². The minimum atomic E-state index is -0.461. The summed E-state index contributed by atoms with van der Waals surface area (Å²) in [7, 11) is 1.94. The van der Waals surface area contributed by atoms with E-state index in [0.29, 0.717) is 13.0 Å². The number of nitrogens with zero attached hydrogens (tertiary/aromatic N) is 3. The van der Waals surface area contributed by atoms with Crippen LogP contribution in [-0.2, 0) is 16.6 Å². The number of carbonyl (C=O) groups is 2. The molecule has 1 saturated heterocycles. The molecule has 2 N–H and O–H groups in total. The number of aryl methyl sites for hydroxylation is 1. The number of amides is 2. The van der Waals surface area contributed by atoms with Crippen LogP contribution < -0.4 is 5.73 Å². The first kappa shape index (κ1) is 15.9. The molecule has 1 aliphatic rings. The molecule has 1 fully saturated rings. The van der Waals surface area contributed by atoms with Crippen LogP contribution in [0.2, 0.25) is 0 Å². The van der Waals surface area contributed by atoms with Gasteiger partial charge in [-0.15, -0.1) is 0 Å². The van der Waals surface area contributed by atoms with Gasteiger partial charge in [0.05, 0.1) is 16.8 Å². The summed E-state index contributed by atoms with van der Waals surface area (Å²) < 4.78 is 1.98. The van der Waals surface area contributed by atoms with E-state index in [1.165, 1.54) is 11.8 Å². The Balaban J connectivity index is 1.70. The van der Waals surface area contributed by atoms with Crippen LogP contribution in [0.5, 0.6) is 0 Å². The Bertz CT molecular complexity index is 743. The van der Waals surface area contributed by atoms with E-state index in [4.69, 9.17) is 5.73 Å². The summed E-state index contributed by atoms with van der Waals surface area (Å²) >= 11 is 1.40. The lowest BCUT2D eigenvalue weighted by molar-refractivity contribution is -0.138. The number of carbonyl (C=O) groups excluding carboxylic acids is 2. The fraction of sp³-hybridized carbons (Fsp3) is 0.438. The zero-order valence-corrected chi connectivity index (χ0v) is 13.9. The van der Waals surface area contributed by atoms with E-state index in [-0.39, 0.29) is 11.7 Å². The Labute approximate surface area is 139 Å². The maximum Gasteiger partial charge on any atom is 0.240 e. The number of imidazole rings is 1. The largest absolute Gasteiger partial charge is 0.368 e. The highest BCUT2D eigenvalue weighted by atomic mass is 32.2. The fourth-order valence-electron chi connectivity index (χ4n) is 2.99. The van der Waals surface area contributed by atoms with Crippen molar-refractivity contribution in [2.45, 2.75) is 30.5 Å².